The molecule has 44 heavy (non-hydrogen) atoms. The Morgan fingerprint density at radius 3 is 2.43 bits per heavy atom. The smallest absolute Gasteiger partial charge is 0.354 e. The van der Waals surface area contributed by atoms with Crippen molar-refractivity contribution in [3.63, 3.8) is 0 Å². The number of aromatic nitrogens is 4. The molecule has 0 bridgehead atoms. The molecule has 1 aliphatic heterocycles. The number of piperazine rings is 1. The van der Waals surface area contributed by atoms with Gasteiger partial charge in [0.2, 0.25) is 0 Å². The van der Waals surface area contributed by atoms with Crippen molar-refractivity contribution in [3.8, 4) is 5.82 Å². The largest absolute Gasteiger partial charge is 0.416 e. The summed E-state index contributed by atoms with van der Waals surface area (Å²) in [6.07, 6.45) is -3.17. The van der Waals surface area contributed by atoms with Gasteiger partial charge in [0.05, 0.1) is 5.56 Å². The van der Waals surface area contributed by atoms with Crippen molar-refractivity contribution < 1.29 is 22.8 Å². The summed E-state index contributed by atoms with van der Waals surface area (Å²) >= 11 is 0. The lowest BCUT2D eigenvalue weighted by Gasteiger charge is -2.32. The standard InChI is InChI=1S/C29H31F3N10O2/c1-18-7-8-21(36-27(43)19-5-4-6-20(13-19)29(30,31)32)14-22(18)37-26-15-23(28(44)33-2)38-42(26)25-16-24(34-17-35-25)39-41-11-9-40(3)10-12-41/h4-8,13-17,37H,9-12H2,1-3H3,(H,33,44)(H,36,43)(H,34,35,39). The van der Waals surface area contributed by atoms with Crippen LogP contribution in [0.15, 0.2) is 60.9 Å². The minimum atomic E-state index is -4.57. The Morgan fingerprint density at radius 2 is 1.70 bits per heavy atom. The van der Waals surface area contributed by atoms with Crippen LogP contribution in [0.1, 0.15) is 32.0 Å². The average Bonchev–Trinajstić information content (AvgIpc) is 3.43. The summed E-state index contributed by atoms with van der Waals surface area (Å²) in [5.74, 6) is 0.242. The molecule has 0 saturated carbocycles. The molecule has 12 nitrogen and oxygen atoms in total. The number of hydrogen-bond acceptors (Lipinski definition) is 9. The maximum absolute atomic E-state index is 13.1. The molecule has 5 rings (SSSR count). The molecule has 0 spiro atoms. The Kier molecular flexibility index (Phi) is 8.78. The summed E-state index contributed by atoms with van der Waals surface area (Å²) in [5, 5.41) is 15.0. The number of hydrazine groups is 1. The number of nitrogens with zero attached hydrogens (tertiary/aromatic N) is 6. The van der Waals surface area contributed by atoms with Crippen molar-refractivity contribution in [1.82, 2.24) is 35.0 Å². The van der Waals surface area contributed by atoms with Crippen molar-refractivity contribution in [2.75, 3.05) is 56.3 Å². The van der Waals surface area contributed by atoms with Gasteiger partial charge in [-0.1, -0.05) is 12.1 Å². The molecule has 230 valence electrons. The third-order valence-corrected chi connectivity index (χ3v) is 7.02. The van der Waals surface area contributed by atoms with Crippen LogP contribution < -0.4 is 21.4 Å². The third-order valence-electron chi connectivity index (χ3n) is 7.02. The average molecular weight is 609 g/mol. The highest BCUT2D eigenvalue weighted by Gasteiger charge is 2.31. The fraction of sp³-hybridized carbons (Fsp3) is 0.276. The van der Waals surface area contributed by atoms with E-state index in [1.165, 1.54) is 30.2 Å². The second-order valence-corrected chi connectivity index (χ2v) is 10.3. The molecular weight excluding hydrogens is 577 g/mol. The number of hydrogen-bond donors (Lipinski definition) is 4. The second-order valence-electron chi connectivity index (χ2n) is 10.3. The van der Waals surface area contributed by atoms with E-state index in [-0.39, 0.29) is 11.3 Å². The molecule has 0 aliphatic carbocycles. The summed E-state index contributed by atoms with van der Waals surface area (Å²) in [6.45, 7) is 5.28. The van der Waals surface area contributed by atoms with E-state index in [1.807, 2.05) is 6.92 Å². The minimum absolute atomic E-state index is 0.132. The molecule has 2 aromatic carbocycles. The molecule has 3 heterocycles. The van der Waals surface area contributed by atoms with Gasteiger partial charge in [0, 0.05) is 62.3 Å². The zero-order valence-electron chi connectivity index (χ0n) is 24.2. The highest BCUT2D eigenvalue weighted by molar-refractivity contribution is 6.04. The van der Waals surface area contributed by atoms with E-state index >= 15 is 0 Å². The lowest BCUT2D eigenvalue weighted by atomic mass is 10.1. The Bertz CT molecular complexity index is 1670. The third kappa shape index (κ3) is 7.12. The molecular formula is C29H31F3N10O2. The van der Waals surface area contributed by atoms with Crippen LogP contribution in [0.25, 0.3) is 5.82 Å². The van der Waals surface area contributed by atoms with Crippen molar-refractivity contribution >= 4 is 34.8 Å². The summed E-state index contributed by atoms with van der Waals surface area (Å²) in [4.78, 5) is 36.2. The van der Waals surface area contributed by atoms with Gasteiger partial charge < -0.3 is 26.3 Å². The van der Waals surface area contributed by atoms with Crippen molar-refractivity contribution in [3.05, 3.63) is 83.3 Å². The molecule has 2 aromatic heterocycles. The Labute approximate surface area is 251 Å². The Morgan fingerprint density at radius 1 is 0.932 bits per heavy atom. The number of rotatable bonds is 8. The van der Waals surface area contributed by atoms with Crippen LogP contribution in [0.5, 0.6) is 0 Å². The number of anilines is 4. The summed E-state index contributed by atoms with van der Waals surface area (Å²) in [6, 6.07) is 12.5. The quantitative estimate of drug-likeness (QED) is 0.235. The molecule has 4 aromatic rings. The number of alkyl halides is 3. The maximum Gasteiger partial charge on any atom is 0.416 e. The Balaban J connectivity index is 1.40. The summed E-state index contributed by atoms with van der Waals surface area (Å²) < 4.78 is 40.9. The molecule has 0 unspecified atom stereocenters. The van der Waals surface area contributed by atoms with E-state index in [0.717, 1.165) is 43.9 Å². The number of halogens is 3. The van der Waals surface area contributed by atoms with E-state index in [9.17, 15) is 22.8 Å². The fourth-order valence-corrected chi connectivity index (χ4v) is 4.50. The maximum atomic E-state index is 13.1. The molecule has 0 atom stereocenters. The molecule has 15 heteroatoms. The van der Waals surface area contributed by atoms with E-state index in [1.54, 1.807) is 30.3 Å². The lowest BCUT2D eigenvalue weighted by molar-refractivity contribution is -0.137. The van der Waals surface area contributed by atoms with Gasteiger partial charge in [-0.3, -0.25) is 9.59 Å². The SMILES string of the molecule is CNC(=O)c1cc(Nc2cc(NC(=O)c3cccc(C(F)(F)F)c3)ccc2C)n(-c2cc(NN3CCN(C)CC3)ncn2)n1. The van der Waals surface area contributed by atoms with Gasteiger partial charge in [0.1, 0.15) is 18.0 Å². The van der Waals surface area contributed by atoms with Crippen LogP contribution in [-0.2, 0) is 6.18 Å². The first-order valence-corrected chi connectivity index (χ1v) is 13.7. The van der Waals surface area contributed by atoms with Crippen molar-refractivity contribution in [2.45, 2.75) is 13.1 Å². The van der Waals surface area contributed by atoms with E-state index in [2.05, 4.69) is 53.4 Å². The first-order valence-electron chi connectivity index (χ1n) is 13.7. The second kappa shape index (κ2) is 12.7. The molecule has 1 fully saturated rings. The summed E-state index contributed by atoms with van der Waals surface area (Å²) in [5.41, 5.74) is 4.07. The van der Waals surface area contributed by atoms with Crippen molar-refractivity contribution in [2.24, 2.45) is 0 Å². The summed E-state index contributed by atoms with van der Waals surface area (Å²) in [7, 11) is 3.57. The topological polar surface area (TPSA) is 132 Å². The fourth-order valence-electron chi connectivity index (χ4n) is 4.50. The number of aryl methyl sites for hydroxylation is 1. The highest BCUT2D eigenvalue weighted by Crippen LogP contribution is 2.30. The van der Waals surface area contributed by atoms with Crippen LogP contribution in [-0.4, -0.2) is 81.7 Å². The van der Waals surface area contributed by atoms with E-state index in [0.29, 0.717) is 28.8 Å². The van der Waals surface area contributed by atoms with Gasteiger partial charge in [-0.2, -0.15) is 23.0 Å². The van der Waals surface area contributed by atoms with Gasteiger partial charge in [-0.05, 0) is 49.9 Å². The van der Waals surface area contributed by atoms with Crippen LogP contribution in [0.4, 0.5) is 36.2 Å². The Hall–Kier alpha value is -5.02. The van der Waals surface area contributed by atoms with Gasteiger partial charge in [-0.15, -0.1) is 0 Å². The predicted molar refractivity (Wildman–Crippen MR) is 159 cm³/mol. The highest BCUT2D eigenvalue weighted by atomic mass is 19.4. The molecule has 0 radical (unpaired) electrons. The van der Waals surface area contributed by atoms with Gasteiger partial charge in [-0.25, -0.2) is 15.0 Å². The molecule has 2 amide bonds. The van der Waals surface area contributed by atoms with Crippen LogP contribution in [0.2, 0.25) is 0 Å². The van der Waals surface area contributed by atoms with Crippen molar-refractivity contribution in [1.29, 1.82) is 0 Å². The van der Waals surface area contributed by atoms with Crippen LogP contribution in [0, 0.1) is 6.92 Å². The molecule has 4 N–H and O–H groups in total. The van der Waals surface area contributed by atoms with Crippen LogP contribution >= 0.6 is 0 Å². The lowest BCUT2D eigenvalue weighted by Crippen LogP contribution is -2.47. The zero-order valence-corrected chi connectivity index (χ0v) is 24.2. The number of nitrogens with one attached hydrogen (secondary N) is 4. The number of amides is 2. The predicted octanol–water partition coefficient (Wildman–Crippen LogP) is 3.92. The number of likely N-dealkylation sites (N-methyl/N-ethyl adjacent to an activating group) is 1. The van der Waals surface area contributed by atoms with E-state index < -0.39 is 23.6 Å². The first kappa shape index (κ1) is 30.4. The molecule has 1 aliphatic rings. The van der Waals surface area contributed by atoms with Crippen LogP contribution in [0.3, 0.4) is 0 Å². The first-order chi connectivity index (χ1) is 21.0. The monoisotopic (exact) mass is 608 g/mol. The number of benzene rings is 2. The van der Waals surface area contributed by atoms with Gasteiger partial charge in [0.15, 0.2) is 11.5 Å². The van der Waals surface area contributed by atoms with Gasteiger partial charge in [0.25, 0.3) is 11.8 Å². The number of carbonyl (C=O) groups is 2. The number of carbonyl (C=O) groups excluding carboxylic acids is 2. The molecule has 1 saturated heterocycles. The van der Waals surface area contributed by atoms with Gasteiger partial charge >= 0.3 is 6.18 Å². The minimum Gasteiger partial charge on any atom is -0.354 e. The van der Waals surface area contributed by atoms with E-state index in [4.69, 9.17) is 0 Å². The zero-order chi connectivity index (χ0) is 31.4. The normalized spacial score (nSPS) is 14.2.